The van der Waals surface area contributed by atoms with E-state index in [1.165, 1.54) is 6.07 Å². The molecule has 1 aliphatic rings. The number of nitrogens with one attached hydrogen (secondary N) is 1. The zero-order valence-electron chi connectivity index (χ0n) is 15.9. The molecule has 6 heteroatoms. The van der Waals surface area contributed by atoms with Crippen molar-refractivity contribution in [2.24, 2.45) is 0 Å². The van der Waals surface area contributed by atoms with Crippen molar-refractivity contribution in [2.45, 2.75) is 64.2 Å². The van der Waals surface area contributed by atoms with Gasteiger partial charge in [-0.1, -0.05) is 49.7 Å². The molecule has 1 saturated heterocycles. The van der Waals surface area contributed by atoms with Crippen LogP contribution in [0.3, 0.4) is 0 Å². The summed E-state index contributed by atoms with van der Waals surface area (Å²) in [5.41, 5.74) is 2.79. The Hall–Kier alpha value is -2.08. The monoisotopic (exact) mass is 378 g/mol. The number of benzene rings is 2. The van der Waals surface area contributed by atoms with Crippen LogP contribution in [0.4, 0.5) is 13.2 Å². The third-order valence-corrected chi connectivity index (χ3v) is 5.15. The van der Waals surface area contributed by atoms with Crippen LogP contribution < -0.4 is 5.43 Å². The molecule has 2 aromatic rings. The predicted octanol–water partition coefficient (Wildman–Crippen LogP) is 5.30. The lowest BCUT2D eigenvalue weighted by atomic mass is 9.92. The van der Waals surface area contributed by atoms with Gasteiger partial charge in [0.15, 0.2) is 6.04 Å². The van der Waals surface area contributed by atoms with E-state index in [4.69, 9.17) is 0 Å². The van der Waals surface area contributed by atoms with Gasteiger partial charge >= 0.3 is 6.18 Å². The Labute approximate surface area is 157 Å². The Morgan fingerprint density at radius 2 is 1.96 bits per heavy atom. The molecule has 1 heterocycles. The van der Waals surface area contributed by atoms with E-state index >= 15 is 0 Å². The molecule has 0 spiro atoms. The van der Waals surface area contributed by atoms with Gasteiger partial charge in [0.25, 0.3) is 0 Å². The lowest BCUT2D eigenvalue weighted by Gasteiger charge is -2.38. The van der Waals surface area contributed by atoms with Crippen LogP contribution in [0.2, 0.25) is 0 Å². The first-order chi connectivity index (χ1) is 12.6. The first-order valence-electron chi connectivity index (χ1n) is 9.30. The second kappa shape index (κ2) is 7.15. The first-order valence-corrected chi connectivity index (χ1v) is 9.30. The van der Waals surface area contributed by atoms with Crippen molar-refractivity contribution in [3.63, 3.8) is 0 Å². The van der Waals surface area contributed by atoms with Crippen LogP contribution in [0.5, 0.6) is 0 Å². The van der Waals surface area contributed by atoms with Crippen LogP contribution in [0.15, 0.2) is 36.4 Å². The number of carbonyl (C=O) groups excluding carboxylic acids is 1. The van der Waals surface area contributed by atoms with Crippen molar-refractivity contribution in [1.29, 1.82) is 0 Å². The summed E-state index contributed by atoms with van der Waals surface area (Å²) in [6, 6.07) is 8.76. The van der Waals surface area contributed by atoms with Crippen molar-refractivity contribution < 1.29 is 18.0 Å². The molecule has 1 amide bonds. The second-order valence-corrected chi connectivity index (χ2v) is 7.84. The maximum Gasteiger partial charge on any atom is 0.409 e. The molecule has 1 N–H and O–H groups in total. The highest BCUT2D eigenvalue weighted by Gasteiger charge is 2.53. The number of amides is 1. The standard InChI is InChI=1S/C21H25F3N2O/c1-4-5-7-14-10-11-16-15(12-14)8-6-9-17(16)19(21(22,23)24)26-20(2,3)13-18(27)25-26/h6,8-12,19H,4-5,7,13H2,1-3H3,(H,25,27)/t19-/m0/s1. The lowest BCUT2D eigenvalue weighted by molar-refractivity contribution is -0.203. The topological polar surface area (TPSA) is 32.3 Å². The van der Waals surface area contributed by atoms with Gasteiger partial charge in [0.05, 0.1) is 0 Å². The fraction of sp³-hybridized carbons (Fsp3) is 0.476. The summed E-state index contributed by atoms with van der Waals surface area (Å²) in [5, 5.41) is 2.42. The Morgan fingerprint density at radius 3 is 2.56 bits per heavy atom. The van der Waals surface area contributed by atoms with Crippen LogP contribution in [-0.2, 0) is 11.2 Å². The van der Waals surface area contributed by atoms with Crippen molar-refractivity contribution in [3.05, 3.63) is 47.5 Å². The summed E-state index contributed by atoms with van der Waals surface area (Å²) in [4.78, 5) is 11.8. The van der Waals surface area contributed by atoms with Gasteiger partial charge < -0.3 is 0 Å². The van der Waals surface area contributed by atoms with Crippen LogP contribution in [0.1, 0.15) is 57.2 Å². The fourth-order valence-electron chi connectivity index (χ4n) is 3.81. The molecule has 0 saturated carbocycles. The van der Waals surface area contributed by atoms with Crippen LogP contribution in [0.25, 0.3) is 10.8 Å². The molecule has 0 aromatic heterocycles. The van der Waals surface area contributed by atoms with Crippen LogP contribution >= 0.6 is 0 Å². The summed E-state index contributed by atoms with van der Waals surface area (Å²) in [6.07, 6.45) is -1.47. The van der Waals surface area contributed by atoms with Gasteiger partial charge in [-0.05, 0) is 48.6 Å². The molecule has 3 nitrogen and oxygen atoms in total. The quantitative estimate of drug-likeness (QED) is 0.766. The average Bonchev–Trinajstić information content (AvgIpc) is 2.84. The number of unbranched alkanes of at least 4 members (excludes halogenated alkanes) is 1. The van der Waals surface area contributed by atoms with Gasteiger partial charge in [-0.2, -0.15) is 18.2 Å². The van der Waals surface area contributed by atoms with Crippen molar-refractivity contribution >= 4 is 16.7 Å². The van der Waals surface area contributed by atoms with Gasteiger partial charge in [0.2, 0.25) is 5.91 Å². The van der Waals surface area contributed by atoms with Crippen molar-refractivity contribution in [2.75, 3.05) is 0 Å². The largest absolute Gasteiger partial charge is 0.409 e. The van der Waals surface area contributed by atoms with Crippen molar-refractivity contribution in [3.8, 4) is 0 Å². The molecule has 0 unspecified atom stereocenters. The summed E-state index contributed by atoms with van der Waals surface area (Å²) in [5.74, 6) is -0.392. The Bertz CT molecular complexity index is 845. The second-order valence-electron chi connectivity index (χ2n) is 7.84. The van der Waals surface area contributed by atoms with E-state index in [1.54, 1.807) is 26.0 Å². The molecule has 146 valence electrons. The van der Waals surface area contributed by atoms with Crippen molar-refractivity contribution in [1.82, 2.24) is 10.4 Å². The van der Waals surface area contributed by atoms with Gasteiger partial charge in [-0.3, -0.25) is 10.2 Å². The molecule has 1 atom stereocenters. The maximum atomic E-state index is 14.1. The number of hydrogen-bond donors (Lipinski definition) is 1. The van der Waals surface area contributed by atoms with Gasteiger partial charge in [0, 0.05) is 12.0 Å². The smallest absolute Gasteiger partial charge is 0.287 e. The highest BCUT2D eigenvalue weighted by molar-refractivity contribution is 5.87. The first kappa shape index (κ1) is 19.7. The molecule has 0 aliphatic carbocycles. The minimum absolute atomic E-state index is 0.0332. The van der Waals surface area contributed by atoms with E-state index in [1.807, 2.05) is 18.2 Å². The molecule has 1 fully saturated rings. The zero-order valence-corrected chi connectivity index (χ0v) is 15.9. The molecular weight excluding hydrogens is 353 g/mol. The average molecular weight is 378 g/mol. The van der Waals surface area contributed by atoms with E-state index < -0.39 is 23.7 Å². The third kappa shape index (κ3) is 3.95. The van der Waals surface area contributed by atoms with Gasteiger partial charge in [-0.15, -0.1) is 0 Å². The van der Waals surface area contributed by atoms with Gasteiger partial charge in [0.1, 0.15) is 0 Å². The molecule has 0 bridgehead atoms. The molecule has 27 heavy (non-hydrogen) atoms. The number of alkyl halides is 3. The van der Waals surface area contributed by atoms with E-state index in [2.05, 4.69) is 12.3 Å². The summed E-state index contributed by atoms with van der Waals surface area (Å²) < 4.78 is 42.3. The van der Waals surface area contributed by atoms with Crippen LogP contribution in [0, 0.1) is 0 Å². The number of halogens is 3. The Balaban J connectivity index is 2.10. The summed E-state index contributed by atoms with van der Waals surface area (Å²) in [6.45, 7) is 5.41. The highest BCUT2D eigenvalue weighted by Crippen LogP contribution is 2.44. The number of aryl methyl sites for hydroxylation is 1. The van der Waals surface area contributed by atoms with E-state index in [9.17, 15) is 18.0 Å². The number of fused-ring (bicyclic) bond motifs is 1. The SMILES string of the molecule is CCCCc1ccc2c([C@H](N3NC(=O)CC3(C)C)C(F)(F)F)cccc2c1. The maximum absolute atomic E-state index is 14.1. The number of hydrazine groups is 1. The zero-order chi connectivity index (χ0) is 19.8. The third-order valence-electron chi connectivity index (χ3n) is 5.15. The Kier molecular flexibility index (Phi) is 5.21. The minimum atomic E-state index is -4.52. The number of carbonyl (C=O) groups is 1. The molecular formula is C21H25F3N2O. The normalized spacial score (nSPS) is 18.7. The number of rotatable bonds is 5. The lowest BCUT2D eigenvalue weighted by Crippen LogP contribution is -2.51. The van der Waals surface area contributed by atoms with Gasteiger partial charge in [-0.25, -0.2) is 0 Å². The minimum Gasteiger partial charge on any atom is -0.287 e. The molecule has 3 rings (SSSR count). The number of hydrogen-bond acceptors (Lipinski definition) is 2. The van der Waals surface area contributed by atoms with E-state index in [0.717, 1.165) is 35.2 Å². The highest BCUT2D eigenvalue weighted by atomic mass is 19.4. The Morgan fingerprint density at radius 1 is 1.22 bits per heavy atom. The van der Waals surface area contributed by atoms with E-state index in [0.29, 0.717) is 5.39 Å². The summed E-state index contributed by atoms with van der Waals surface area (Å²) in [7, 11) is 0. The fourth-order valence-corrected chi connectivity index (χ4v) is 3.81. The molecule has 0 radical (unpaired) electrons. The summed E-state index contributed by atoms with van der Waals surface area (Å²) >= 11 is 0. The predicted molar refractivity (Wildman–Crippen MR) is 100 cm³/mol. The molecule has 1 aliphatic heterocycles. The molecule has 2 aromatic carbocycles. The van der Waals surface area contributed by atoms with Crippen LogP contribution in [-0.4, -0.2) is 22.6 Å². The van der Waals surface area contributed by atoms with E-state index in [-0.39, 0.29) is 12.0 Å². The number of nitrogens with zero attached hydrogens (tertiary/aromatic N) is 1.